The smallest absolute Gasteiger partial charge is 0.227 e. The highest BCUT2D eigenvalue weighted by Gasteiger charge is 2.25. The molecule has 0 aliphatic carbocycles. The Kier molecular flexibility index (Phi) is 7.55. The summed E-state index contributed by atoms with van der Waals surface area (Å²) in [6.07, 6.45) is 2.20. The predicted molar refractivity (Wildman–Crippen MR) is 96.8 cm³/mol. The monoisotopic (exact) mass is 345 g/mol. The molecule has 0 saturated carbocycles. The minimum Gasteiger partial charge on any atom is -0.490 e. The number of benzene rings is 1. The molecule has 1 aliphatic rings. The molecule has 1 fully saturated rings. The van der Waals surface area contributed by atoms with E-state index >= 15 is 0 Å². The number of likely N-dealkylation sites (tertiary alicyclic amines) is 1. The predicted octanol–water partition coefficient (Wildman–Crippen LogP) is 3.05. The number of rotatable bonds is 8. The molecule has 1 aliphatic heterocycles. The Bertz CT molecular complexity index is 604. The highest BCUT2D eigenvalue weighted by Crippen LogP contribution is 2.31. The first-order valence-electron chi connectivity index (χ1n) is 8.97. The van der Waals surface area contributed by atoms with Gasteiger partial charge in [-0.15, -0.1) is 0 Å². The van der Waals surface area contributed by atoms with Gasteiger partial charge in [-0.1, -0.05) is 0 Å². The van der Waals surface area contributed by atoms with Gasteiger partial charge in [0.15, 0.2) is 11.5 Å². The summed E-state index contributed by atoms with van der Waals surface area (Å²) in [6.45, 7) is 7.48. The van der Waals surface area contributed by atoms with Crippen molar-refractivity contribution < 1.29 is 14.3 Å². The van der Waals surface area contributed by atoms with Gasteiger partial charge < -0.3 is 19.7 Å². The zero-order valence-corrected chi connectivity index (χ0v) is 15.1. The van der Waals surface area contributed by atoms with Crippen LogP contribution in [0.4, 0.5) is 5.69 Å². The molecule has 0 bridgehead atoms. The van der Waals surface area contributed by atoms with Gasteiger partial charge in [-0.25, -0.2) is 0 Å². The van der Waals surface area contributed by atoms with Crippen molar-refractivity contribution in [3.05, 3.63) is 18.2 Å². The van der Waals surface area contributed by atoms with Crippen molar-refractivity contribution in [2.45, 2.75) is 33.1 Å². The van der Waals surface area contributed by atoms with Crippen molar-refractivity contribution in [2.75, 3.05) is 38.2 Å². The van der Waals surface area contributed by atoms with Crippen LogP contribution in [0.15, 0.2) is 18.2 Å². The molecule has 0 unspecified atom stereocenters. The minimum atomic E-state index is 0.0143. The second-order valence-corrected chi connectivity index (χ2v) is 6.04. The molecular weight excluding hydrogens is 318 g/mol. The van der Waals surface area contributed by atoms with Crippen LogP contribution in [0.1, 0.15) is 33.1 Å². The molecule has 0 spiro atoms. The number of ether oxygens (including phenoxy) is 2. The van der Waals surface area contributed by atoms with E-state index in [1.54, 1.807) is 0 Å². The fraction of sp³-hybridized carbons (Fsp3) is 0.579. The van der Waals surface area contributed by atoms with Gasteiger partial charge in [0.25, 0.3) is 0 Å². The molecule has 6 nitrogen and oxygen atoms in total. The molecule has 0 radical (unpaired) electrons. The Balaban J connectivity index is 1.92. The van der Waals surface area contributed by atoms with E-state index in [0.29, 0.717) is 31.1 Å². The topological polar surface area (TPSA) is 74.6 Å². The zero-order valence-electron chi connectivity index (χ0n) is 15.1. The van der Waals surface area contributed by atoms with Gasteiger partial charge in [0.1, 0.15) is 0 Å². The number of nitrogens with one attached hydrogen (secondary N) is 1. The van der Waals surface area contributed by atoms with E-state index in [-0.39, 0.29) is 11.8 Å². The summed E-state index contributed by atoms with van der Waals surface area (Å²) >= 11 is 0. The standard InChI is InChI=1S/C19H27N3O3/c1-3-24-17-7-6-16(14-18(17)25-4-2)21-19(23)15-8-12-22(13-9-15)11-5-10-20/h6-7,14-15H,3-5,8-9,11-13H2,1-2H3,(H,21,23). The van der Waals surface area contributed by atoms with E-state index in [1.807, 2.05) is 32.0 Å². The maximum absolute atomic E-state index is 12.5. The van der Waals surface area contributed by atoms with Crippen LogP contribution in [-0.4, -0.2) is 43.7 Å². The van der Waals surface area contributed by atoms with Crippen molar-refractivity contribution in [1.29, 1.82) is 5.26 Å². The largest absolute Gasteiger partial charge is 0.490 e. The summed E-state index contributed by atoms with van der Waals surface area (Å²) in [6, 6.07) is 7.65. The third-order valence-corrected chi connectivity index (χ3v) is 4.31. The summed E-state index contributed by atoms with van der Waals surface area (Å²) < 4.78 is 11.1. The van der Waals surface area contributed by atoms with E-state index in [1.165, 1.54) is 0 Å². The summed E-state index contributed by atoms with van der Waals surface area (Å²) in [7, 11) is 0. The third kappa shape index (κ3) is 5.64. The second-order valence-electron chi connectivity index (χ2n) is 6.04. The molecule has 136 valence electrons. The Morgan fingerprint density at radius 1 is 1.24 bits per heavy atom. The SMILES string of the molecule is CCOc1ccc(NC(=O)C2CCN(CCC#N)CC2)cc1OCC. The maximum atomic E-state index is 12.5. The van der Waals surface area contributed by atoms with E-state index in [9.17, 15) is 4.79 Å². The van der Waals surface area contributed by atoms with E-state index in [0.717, 1.165) is 38.2 Å². The van der Waals surface area contributed by atoms with Gasteiger partial charge >= 0.3 is 0 Å². The number of anilines is 1. The molecule has 1 amide bonds. The molecule has 6 heteroatoms. The molecule has 1 N–H and O–H groups in total. The lowest BCUT2D eigenvalue weighted by Crippen LogP contribution is -2.38. The van der Waals surface area contributed by atoms with Crippen LogP contribution in [0.25, 0.3) is 0 Å². The van der Waals surface area contributed by atoms with Crippen molar-refractivity contribution in [1.82, 2.24) is 4.90 Å². The summed E-state index contributed by atoms with van der Waals surface area (Å²) in [5, 5.41) is 11.6. The van der Waals surface area contributed by atoms with Gasteiger partial charge in [0, 0.05) is 30.6 Å². The lowest BCUT2D eigenvalue weighted by molar-refractivity contribution is -0.121. The molecule has 1 heterocycles. The summed E-state index contributed by atoms with van der Waals surface area (Å²) in [5.41, 5.74) is 0.726. The van der Waals surface area contributed by atoms with E-state index in [4.69, 9.17) is 14.7 Å². The Hall–Kier alpha value is -2.26. The van der Waals surface area contributed by atoms with Crippen molar-refractivity contribution >= 4 is 11.6 Å². The second kappa shape index (κ2) is 9.90. The first kappa shape index (κ1) is 19.1. The van der Waals surface area contributed by atoms with Crippen LogP contribution in [0, 0.1) is 17.2 Å². The van der Waals surface area contributed by atoms with Gasteiger partial charge in [0.05, 0.1) is 19.3 Å². The lowest BCUT2D eigenvalue weighted by atomic mass is 9.95. The molecule has 2 rings (SSSR count). The average molecular weight is 345 g/mol. The number of hydrogen-bond acceptors (Lipinski definition) is 5. The third-order valence-electron chi connectivity index (χ3n) is 4.31. The number of carbonyl (C=O) groups is 1. The minimum absolute atomic E-state index is 0.0143. The van der Waals surface area contributed by atoms with Gasteiger partial charge in [-0.3, -0.25) is 4.79 Å². The normalized spacial score (nSPS) is 15.4. The average Bonchev–Trinajstić information content (AvgIpc) is 2.63. The number of carbonyl (C=O) groups excluding carboxylic acids is 1. The van der Waals surface area contributed by atoms with Crippen molar-refractivity contribution in [2.24, 2.45) is 5.92 Å². The molecule has 1 aromatic rings. The highest BCUT2D eigenvalue weighted by molar-refractivity contribution is 5.93. The number of nitriles is 1. The van der Waals surface area contributed by atoms with E-state index < -0.39 is 0 Å². The van der Waals surface area contributed by atoms with Crippen LogP contribution in [0.3, 0.4) is 0 Å². The fourth-order valence-corrected chi connectivity index (χ4v) is 3.00. The zero-order chi connectivity index (χ0) is 18.1. The number of hydrogen-bond donors (Lipinski definition) is 1. The maximum Gasteiger partial charge on any atom is 0.227 e. The molecule has 0 aromatic heterocycles. The van der Waals surface area contributed by atoms with Gasteiger partial charge in [0.2, 0.25) is 5.91 Å². The van der Waals surface area contributed by atoms with Crippen LogP contribution >= 0.6 is 0 Å². The van der Waals surface area contributed by atoms with Gasteiger partial charge in [-0.05, 0) is 51.9 Å². The number of piperidine rings is 1. The Morgan fingerprint density at radius 2 is 1.92 bits per heavy atom. The lowest BCUT2D eigenvalue weighted by Gasteiger charge is -2.30. The number of nitrogens with zero attached hydrogens (tertiary/aromatic N) is 2. The molecule has 25 heavy (non-hydrogen) atoms. The summed E-state index contributed by atoms with van der Waals surface area (Å²) in [5.74, 6) is 1.40. The van der Waals surface area contributed by atoms with Crippen molar-refractivity contribution in [3.8, 4) is 17.6 Å². The van der Waals surface area contributed by atoms with Gasteiger partial charge in [-0.2, -0.15) is 5.26 Å². The Labute approximate surface area is 149 Å². The first-order valence-corrected chi connectivity index (χ1v) is 8.97. The van der Waals surface area contributed by atoms with Crippen LogP contribution < -0.4 is 14.8 Å². The molecular formula is C19H27N3O3. The highest BCUT2D eigenvalue weighted by atomic mass is 16.5. The van der Waals surface area contributed by atoms with Crippen LogP contribution in [-0.2, 0) is 4.79 Å². The Morgan fingerprint density at radius 3 is 2.56 bits per heavy atom. The fourth-order valence-electron chi connectivity index (χ4n) is 3.00. The summed E-state index contributed by atoms with van der Waals surface area (Å²) in [4.78, 5) is 14.8. The molecule has 1 saturated heterocycles. The molecule has 1 aromatic carbocycles. The first-order chi connectivity index (χ1) is 12.2. The quantitative estimate of drug-likeness (QED) is 0.784. The number of amides is 1. The molecule has 0 atom stereocenters. The van der Waals surface area contributed by atoms with Crippen LogP contribution in [0.5, 0.6) is 11.5 Å². The van der Waals surface area contributed by atoms with Crippen LogP contribution in [0.2, 0.25) is 0 Å². The van der Waals surface area contributed by atoms with Crippen molar-refractivity contribution in [3.63, 3.8) is 0 Å². The van der Waals surface area contributed by atoms with E-state index in [2.05, 4.69) is 16.3 Å².